The topological polar surface area (TPSA) is 50.8 Å². The Morgan fingerprint density at radius 2 is 2.33 bits per heavy atom. The lowest BCUT2D eigenvalue weighted by Crippen LogP contribution is -2.49. The first-order valence-corrected chi connectivity index (χ1v) is 8.53. The predicted octanol–water partition coefficient (Wildman–Crippen LogP) is 2.29. The monoisotopic (exact) mass is 374 g/mol. The van der Waals surface area contributed by atoms with Crippen LogP contribution in [0.2, 0.25) is 5.02 Å². The molecule has 0 aliphatic carbocycles. The highest BCUT2D eigenvalue weighted by Gasteiger charge is 2.28. The largest absolute Gasteiger partial charge is 0.381 e. The van der Waals surface area contributed by atoms with E-state index in [1.54, 1.807) is 0 Å². The maximum Gasteiger partial charge on any atom is 0.249 e. The van der Waals surface area contributed by atoms with Gasteiger partial charge in [-0.2, -0.15) is 0 Å². The van der Waals surface area contributed by atoms with Crippen molar-refractivity contribution in [3.8, 4) is 0 Å². The third-order valence-corrected chi connectivity index (χ3v) is 4.64. The van der Waals surface area contributed by atoms with Gasteiger partial charge in [0.05, 0.1) is 19.3 Å². The Hall–Kier alpha value is -0.850. The molecule has 0 bridgehead atoms. The number of hydrogen-bond donors (Lipinski definition) is 1. The van der Waals surface area contributed by atoms with Crippen molar-refractivity contribution in [3.05, 3.63) is 34.9 Å². The fraction of sp³-hybridized carbons (Fsp3) is 0.588. The molecule has 2 heterocycles. The van der Waals surface area contributed by atoms with Crippen molar-refractivity contribution in [2.24, 2.45) is 5.92 Å². The second kappa shape index (κ2) is 9.59. The van der Waals surface area contributed by atoms with Gasteiger partial charge in [0.1, 0.15) is 6.61 Å². The summed E-state index contributed by atoms with van der Waals surface area (Å²) in [5, 5.41) is 4.04. The first-order valence-electron chi connectivity index (χ1n) is 8.15. The molecule has 1 aromatic rings. The molecule has 1 amide bonds. The summed E-state index contributed by atoms with van der Waals surface area (Å²) < 4.78 is 10.9. The summed E-state index contributed by atoms with van der Waals surface area (Å²) in [6.07, 6.45) is 1.02. The maximum atomic E-state index is 12.5. The number of benzene rings is 1. The lowest BCUT2D eigenvalue weighted by molar-refractivity contribution is -0.140. The van der Waals surface area contributed by atoms with E-state index in [2.05, 4.69) is 5.32 Å². The highest BCUT2D eigenvalue weighted by molar-refractivity contribution is 6.30. The van der Waals surface area contributed by atoms with E-state index in [4.69, 9.17) is 21.1 Å². The Morgan fingerprint density at radius 1 is 1.46 bits per heavy atom. The highest BCUT2D eigenvalue weighted by atomic mass is 35.5. The van der Waals surface area contributed by atoms with E-state index in [1.165, 1.54) is 0 Å². The molecule has 5 nitrogen and oxygen atoms in total. The minimum absolute atomic E-state index is 0. The maximum absolute atomic E-state index is 12.5. The molecule has 2 saturated heterocycles. The molecule has 2 aliphatic rings. The summed E-state index contributed by atoms with van der Waals surface area (Å²) in [4.78, 5) is 14.4. The van der Waals surface area contributed by atoms with E-state index >= 15 is 0 Å². The first-order chi connectivity index (χ1) is 11.2. The smallest absolute Gasteiger partial charge is 0.249 e. The Bertz CT molecular complexity index is 538. The number of carbonyl (C=O) groups is 1. The van der Waals surface area contributed by atoms with E-state index in [0.717, 1.165) is 38.3 Å². The van der Waals surface area contributed by atoms with Crippen LogP contribution >= 0.6 is 24.0 Å². The fourth-order valence-corrected chi connectivity index (χ4v) is 3.32. The Labute approximate surface area is 154 Å². The molecule has 0 radical (unpaired) electrons. The van der Waals surface area contributed by atoms with Crippen LogP contribution in [0.3, 0.4) is 0 Å². The molecule has 134 valence electrons. The summed E-state index contributed by atoms with van der Waals surface area (Å²) in [7, 11) is 0. The van der Waals surface area contributed by atoms with Crippen LogP contribution < -0.4 is 5.32 Å². The lowest BCUT2D eigenvalue weighted by Gasteiger charge is -2.36. The number of nitrogens with zero attached hydrogens (tertiary/aromatic N) is 1. The minimum Gasteiger partial charge on any atom is -0.381 e. The van der Waals surface area contributed by atoms with Crippen LogP contribution in [0.4, 0.5) is 0 Å². The summed E-state index contributed by atoms with van der Waals surface area (Å²) in [6.45, 7) is 4.50. The zero-order valence-electron chi connectivity index (χ0n) is 13.6. The Morgan fingerprint density at radius 3 is 3.08 bits per heavy atom. The molecule has 1 aromatic carbocycles. The van der Waals surface area contributed by atoms with Gasteiger partial charge < -0.3 is 19.7 Å². The molecule has 0 saturated carbocycles. The molecule has 0 aromatic heterocycles. The van der Waals surface area contributed by atoms with E-state index in [-0.39, 0.29) is 31.0 Å². The predicted molar refractivity (Wildman–Crippen MR) is 95.8 cm³/mol. The van der Waals surface area contributed by atoms with E-state index in [1.807, 2.05) is 29.2 Å². The average molecular weight is 375 g/mol. The number of piperazine rings is 1. The number of carbonyl (C=O) groups excluding carboxylic acids is 1. The molecule has 2 aliphatic heterocycles. The van der Waals surface area contributed by atoms with Crippen LogP contribution in [-0.2, 0) is 14.3 Å². The van der Waals surface area contributed by atoms with Gasteiger partial charge in [-0.1, -0.05) is 23.7 Å². The molecule has 3 rings (SSSR count). The van der Waals surface area contributed by atoms with Crippen molar-refractivity contribution in [3.63, 3.8) is 0 Å². The lowest BCUT2D eigenvalue weighted by atomic mass is 10.0. The standard InChI is InChI=1S/C17H23ClN2O3.ClH/c18-15-3-1-2-14(8-15)16-9-19-5-6-20(16)17(21)12-23-11-13-4-7-22-10-13;/h1-3,8,13,16,19H,4-7,9-12H2;1H. The molecule has 24 heavy (non-hydrogen) atoms. The summed E-state index contributed by atoms with van der Waals surface area (Å²) >= 11 is 6.09. The van der Waals surface area contributed by atoms with Crippen molar-refractivity contribution in [2.75, 3.05) is 46.1 Å². The van der Waals surface area contributed by atoms with Gasteiger partial charge in [-0.25, -0.2) is 0 Å². The SMILES string of the molecule is Cl.O=C(COCC1CCOC1)N1CCNCC1c1cccc(Cl)c1. The third kappa shape index (κ3) is 5.07. The third-order valence-electron chi connectivity index (χ3n) is 4.40. The van der Waals surface area contributed by atoms with Crippen LogP contribution in [0.15, 0.2) is 24.3 Å². The first kappa shape index (κ1) is 19.5. The number of ether oxygens (including phenoxy) is 2. The second-order valence-corrected chi connectivity index (χ2v) is 6.54. The average Bonchev–Trinajstić information content (AvgIpc) is 3.08. The van der Waals surface area contributed by atoms with Crippen LogP contribution in [0.5, 0.6) is 0 Å². The molecular weight excluding hydrogens is 351 g/mol. The summed E-state index contributed by atoms with van der Waals surface area (Å²) in [6, 6.07) is 7.72. The van der Waals surface area contributed by atoms with Gasteiger partial charge >= 0.3 is 0 Å². The zero-order chi connectivity index (χ0) is 16.1. The van der Waals surface area contributed by atoms with Gasteiger partial charge in [0.15, 0.2) is 0 Å². The fourth-order valence-electron chi connectivity index (χ4n) is 3.13. The number of amides is 1. The van der Waals surface area contributed by atoms with Gasteiger partial charge in [0.25, 0.3) is 0 Å². The van der Waals surface area contributed by atoms with Gasteiger partial charge in [0, 0.05) is 37.2 Å². The van der Waals surface area contributed by atoms with Crippen LogP contribution in [-0.4, -0.2) is 56.9 Å². The van der Waals surface area contributed by atoms with E-state index < -0.39 is 0 Å². The number of halogens is 2. The summed E-state index contributed by atoms with van der Waals surface area (Å²) in [5.41, 5.74) is 1.06. The van der Waals surface area contributed by atoms with E-state index in [0.29, 0.717) is 24.1 Å². The Kier molecular flexibility index (Phi) is 7.78. The van der Waals surface area contributed by atoms with Gasteiger partial charge in [-0.15, -0.1) is 12.4 Å². The van der Waals surface area contributed by atoms with Crippen molar-refractivity contribution < 1.29 is 14.3 Å². The van der Waals surface area contributed by atoms with E-state index in [9.17, 15) is 4.79 Å². The number of rotatable bonds is 5. The minimum atomic E-state index is 0. The molecule has 2 atom stereocenters. The molecule has 0 spiro atoms. The van der Waals surface area contributed by atoms with Gasteiger partial charge in [-0.3, -0.25) is 4.79 Å². The highest BCUT2D eigenvalue weighted by Crippen LogP contribution is 2.25. The second-order valence-electron chi connectivity index (χ2n) is 6.11. The molecule has 2 fully saturated rings. The van der Waals surface area contributed by atoms with Crippen LogP contribution in [0.1, 0.15) is 18.0 Å². The van der Waals surface area contributed by atoms with Crippen LogP contribution in [0.25, 0.3) is 0 Å². The number of nitrogens with one attached hydrogen (secondary N) is 1. The molecular formula is C17H24Cl2N2O3. The van der Waals surface area contributed by atoms with Gasteiger partial charge in [-0.05, 0) is 24.1 Å². The van der Waals surface area contributed by atoms with Crippen molar-refractivity contribution in [2.45, 2.75) is 12.5 Å². The zero-order valence-corrected chi connectivity index (χ0v) is 15.2. The Balaban J connectivity index is 0.00000208. The molecule has 7 heteroatoms. The van der Waals surface area contributed by atoms with Gasteiger partial charge in [0.2, 0.25) is 5.91 Å². The molecule has 2 unspecified atom stereocenters. The van der Waals surface area contributed by atoms with Crippen molar-refractivity contribution in [1.82, 2.24) is 10.2 Å². The quantitative estimate of drug-likeness (QED) is 0.858. The normalized spacial score (nSPS) is 23.8. The summed E-state index contributed by atoms with van der Waals surface area (Å²) in [5.74, 6) is 0.463. The van der Waals surface area contributed by atoms with Crippen LogP contribution in [0, 0.1) is 5.92 Å². The number of hydrogen-bond acceptors (Lipinski definition) is 4. The molecule has 1 N–H and O–H groups in total. The van der Waals surface area contributed by atoms with Crippen molar-refractivity contribution >= 4 is 29.9 Å². The van der Waals surface area contributed by atoms with Crippen molar-refractivity contribution in [1.29, 1.82) is 0 Å².